The van der Waals surface area contributed by atoms with E-state index in [1.54, 1.807) is 6.08 Å². The normalized spacial score (nSPS) is 14.5. The molecule has 246 valence electrons. The summed E-state index contributed by atoms with van der Waals surface area (Å²) in [5, 5.41) is 15.3. The van der Waals surface area contributed by atoms with Crippen LogP contribution in [0.3, 0.4) is 0 Å². The molecule has 0 bridgehead atoms. The number of aromatic nitrogens is 2. The van der Waals surface area contributed by atoms with Crippen LogP contribution in [-0.2, 0) is 6.42 Å². The van der Waals surface area contributed by atoms with Crippen LogP contribution >= 0.6 is 0 Å². The molecule has 0 spiro atoms. The van der Waals surface area contributed by atoms with Crippen molar-refractivity contribution in [3.05, 3.63) is 134 Å². The van der Waals surface area contributed by atoms with Gasteiger partial charge in [0.2, 0.25) is 0 Å². The fourth-order valence-electron chi connectivity index (χ4n) is 7.44. The molecule has 0 saturated carbocycles. The van der Waals surface area contributed by atoms with Gasteiger partial charge in [0.05, 0.1) is 23.9 Å². The molecule has 49 heavy (non-hydrogen) atoms. The SMILES string of the molecule is C=C/C=C\C=C(/C)c1cc2c(=O)n(C(CC)CC#N)c(=O)c3c(C4=CCCCC=C4)cc4c(=C)n(-c5ccc(CCC)cc5)c(=C)c1c4c23. The van der Waals surface area contributed by atoms with E-state index in [0.717, 1.165) is 86.9 Å². The van der Waals surface area contributed by atoms with Crippen molar-refractivity contribution in [3.8, 4) is 11.8 Å². The molecule has 0 fully saturated rings. The predicted octanol–water partition coefficient (Wildman–Crippen LogP) is 8.80. The molecule has 2 heterocycles. The van der Waals surface area contributed by atoms with Gasteiger partial charge in [0.15, 0.2) is 0 Å². The zero-order valence-electron chi connectivity index (χ0n) is 28.8. The Kier molecular flexibility index (Phi) is 9.51. The van der Waals surface area contributed by atoms with Crippen molar-refractivity contribution in [1.29, 1.82) is 5.26 Å². The Labute approximate surface area is 287 Å². The van der Waals surface area contributed by atoms with Gasteiger partial charge in [-0.1, -0.05) is 94.7 Å². The Morgan fingerprint density at radius 3 is 2.41 bits per heavy atom. The minimum absolute atomic E-state index is 0.0678. The van der Waals surface area contributed by atoms with Crippen LogP contribution < -0.4 is 21.8 Å². The average Bonchev–Trinajstić information content (AvgIpc) is 3.39. The molecule has 0 amide bonds. The summed E-state index contributed by atoms with van der Waals surface area (Å²) in [7, 11) is 0. The molecule has 0 radical (unpaired) electrons. The molecular weight excluding hydrogens is 603 g/mol. The quantitative estimate of drug-likeness (QED) is 0.113. The molecule has 0 N–H and O–H groups in total. The van der Waals surface area contributed by atoms with E-state index in [2.05, 4.69) is 85.9 Å². The first kappa shape index (κ1) is 33.4. The first-order valence-corrected chi connectivity index (χ1v) is 17.3. The van der Waals surface area contributed by atoms with Crippen molar-refractivity contribution in [2.24, 2.45) is 0 Å². The highest BCUT2D eigenvalue weighted by atomic mass is 16.2. The van der Waals surface area contributed by atoms with Crippen molar-refractivity contribution in [2.45, 2.75) is 71.8 Å². The van der Waals surface area contributed by atoms with E-state index < -0.39 is 6.04 Å². The molecule has 5 heteroatoms. The van der Waals surface area contributed by atoms with Crippen LogP contribution in [0.4, 0.5) is 0 Å². The van der Waals surface area contributed by atoms with Crippen molar-refractivity contribution in [1.82, 2.24) is 9.13 Å². The first-order valence-electron chi connectivity index (χ1n) is 17.3. The summed E-state index contributed by atoms with van der Waals surface area (Å²) in [6, 6.07) is 14.2. The molecule has 1 atom stereocenters. The molecule has 5 aromatic rings. The number of hydrogen-bond acceptors (Lipinski definition) is 3. The maximum Gasteiger partial charge on any atom is 0.262 e. The second-order valence-electron chi connectivity index (χ2n) is 13.0. The van der Waals surface area contributed by atoms with Crippen molar-refractivity contribution >= 4 is 56.6 Å². The molecule has 1 aliphatic carbocycles. The number of aryl methyl sites for hydroxylation is 1. The number of hydrogen-bond donors (Lipinski definition) is 0. The highest BCUT2D eigenvalue weighted by molar-refractivity contribution is 6.27. The second kappa shape index (κ2) is 13.9. The molecule has 0 aliphatic heterocycles. The van der Waals surface area contributed by atoms with Crippen LogP contribution in [0.5, 0.6) is 0 Å². The van der Waals surface area contributed by atoms with Crippen LogP contribution in [0.2, 0.25) is 0 Å². The van der Waals surface area contributed by atoms with Crippen LogP contribution in [0.15, 0.2) is 95.1 Å². The molecule has 1 aliphatic rings. The number of benzene rings is 3. The highest BCUT2D eigenvalue weighted by Gasteiger charge is 2.27. The van der Waals surface area contributed by atoms with Gasteiger partial charge in [-0.15, -0.1) is 0 Å². The summed E-state index contributed by atoms with van der Waals surface area (Å²) in [6.45, 7) is 19.2. The fourth-order valence-corrected chi connectivity index (χ4v) is 7.44. The second-order valence-corrected chi connectivity index (χ2v) is 13.0. The van der Waals surface area contributed by atoms with Gasteiger partial charge in [0.1, 0.15) is 0 Å². The number of nitriles is 1. The van der Waals surface area contributed by atoms with E-state index in [1.165, 1.54) is 10.1 Å². The minimum atomic E-state index is -0.543. The maximum atomic E-state index is 14.8. The lowest BCUT2D eigenvalue weighted by molar-refractivity contribution is 0.474. The fraction of sp³-hybridized carbons (Fsp3) is 0.250. The third kappa shape index (κ3) is 5.72. The van der Waals surface area contributed by atoms with Crippen molar-refractivity contribution in [3.63, 3.8) is 0 Å². The summed E-state index contributed by atoms with van der Waals surface area (Å²) in [5.41, 5.74) is 5.01. The summed E-state index contributed by atoms with van der Waals surface area (Å²) in [5.74, 6) is 0. The van der Waals surface area contributed by atoms with Crippen LogP contribution in [-0.4, -0.2) is 9.13 Å². The van der Waals surface area contributed by atoms with Crippen molar-refractivity contribution in [2.75, 3.05) is 0 Å². The molecular formula is C44H43N3O2. The monoisotopic (exact) mass is 645 g/mol. The molecule has 1 unspecified atom stereocenters. The standard InChI is InChI=1S/C44H43N3O2/c1-7-10-13-17-28(4)35-26-38-41-40-36(29(5)46(30(6)39(35)40)34-22-20-31(16-8-2)21-23-34)27-37(32-18-14-11-12-15-19-32)42(41)44(49)47(43(38)48)33(9-3)24-25-45/h7,10,13-14,17-23,26-27,33H,1,5-6,8-9,11-12,15-16,24H2,2-4H3/b13-10-,28-17+. The van der Waals surface area contributed by atoms with Gasteiger partial charge in [-0.05, 0) is 91.1 Å². The number of pyridine rings is 2. The Balaban J connectivity index is 1.90. The molecule has 3 aromatic carbocycles. The Bertz CT molecular complexity index is 2500. The summed E-state index contributed by atoms with van der Waals surface area (Å²) >= 11 is 0. The molecule has 5 nitrogen and oxygen atoms in total. The van der Waals surface area contributed by atoms with Gasteiger partial charge in [-0.2, -0.15) is 5.26 Å². The summed E-state index contributed by atoms with van der Waals surface area (Å²) < 4.78 is 3.44. The van der Waals surface area contributed by atoms with Gasteiger partial charge < -0.3 is 4.57 Å². The number of rotatable bonds is 10. The highest BCUT2D eigenvalue weighted by Crippen LogP contribution is 2.39. The molecule has 0 saturated heterocycles. The van der Waals surface area contributed by atoms with Crippen LogP contribution in [0.1, 0.15) is 82.0 Å². The van der Waals surface area contributed by atoms with Gasteiger partial charge in [-0.3, -0.25) is 14.2 Å². The van der Waals surface area contributed by atoms with E-state index in [9.17, 15) is 14.9 Å². The lowest BCUT2D eigenvalue weighted by atomic mass is 9.86. The lowest BCUT2D eigenvalue weighted by Crippen LogP contribution is -2.38. The van der Waals surface area contributed by atoms with Crippen LogP contribution in [0, 0.1) is 11.3 Å². The van der Waals surface area contributed by atoms with E-state index in [-0.39, 0.29) is 17.5 Å². The first-order chi connectivity index (χ1) is 23.8. The van der Waals surface area contributed by atoms with E-state index in [1.807, 2.05) is 38.1 Å². The van der Waals surface area contributed by atoms with Gasteiger partial charge in [0.25, 0.3) is 11.1 Å². The number of allylic oxidation sites excluding steroid dienone is 9. The summed E-state index contributed by atoms with van der Waals surface area (Å²) in [4.78, 5) is 29.3. The van der Waals surface area contributed by atoms with E-state index in [4.69, 9.17) is 0 Å². The largest absolute Gasteiger partial charge is 0.310 e. The predicted molar refractivity (Wildman–Crippen MR) is 208 cm³/mol. The molecule has 6 rings (SSSR count). The summed E-state index contributed by atoms with van der Waals surface area (Å²) in [6.07, 6.45) is 19.4. The molecule has 2 aromatic heterocycles. The smallest absolute Gasteiger partial charge is 0.262 e. The zero-order chi connectivity index (χ0) is 34.8. The van der Waals surface area contributed by atoms with E-state index >= 15 is 0 Å². The lowest BCUT2D eigenvalue weighted by Gasteiger charge is -2.23. The van der Waals surface area contributed by atoms with Gasteiger partial charge in [-0.25, -0.2) is 0 Å². The third-order valence-corrected chi connectivity index (χ3v) is 9.89. The van der Waals surface area contributed by atoms with Gasteiger partial charge in [0, 0.05) is 43.3 Å². The van der Waals surface area contributed by atoms with Crippen LogP contribution in [0.25, 0.3) is 62.3 Å². The zero-order valence-corrected chi connectivity index (χ0v) is 28.8. The van der Waals surface area contributed by atoms with Gasteiger partial charge >= 0.3 is 0 Å². The Hall–Kier alpha value is -5.47. The third-order valence-electron chi connectivity index (χ3n) is 9.89. The Morgan fingerprint density at radius 1 is 0.959 bits per heavy atom. The topological polar surface area (TPSA) is 67.8 Å². The maximum absolute atomic E-state index is 14.8. The Morgan fingerprint density at radius 2 is 1.71 bits per heavy atom. The number of nitrogens with zero attached hydrogens (tertiary/aromatic N) is 3. The van der Waals surface area contributed by atoms with E-state index in [0.29, 0.717) is 22.6 Å². The average molecular weight is 646 g/mol. The minimum Gasteiger partial charge on any atom is -0.310 e. The van der Waals surface area contributed by atoms with Crippen molar-refractivity contribution < 1.29 is 0 Å².